The Labute approximate surface area is 105 Å². The highest BCUT2D eigenvalue weighted by Crippen LogP contribution is 2.10. The van der Waals surface area contributed by atoms with Gasteiger partial charge in [0.2, 0.25) is 10.0 Å². The SMILES string of the molecule is CS(=O)(=O)NCCOC(=O)c1ccc(Cl)cc1. The van der Waals surface area contributed by atoms with Crippen LogP contribution < -0.4 is 4.72 Å². The van der Waals surface area contributed by atoms with Gasteiger partial charge in [-0.1, -0.05) is 11.6 Å². The second-order valence-electron chi connectivity index (χ2n) is 3.31. The Bertz CT molecular complexity index is 484. The smallest absolute Gasteiger partial charge is 0.338 e. The predicted octanol–water partition coefficient (Wildman–Crippen LogP) is 1.05. The van der Waals surface area contributed by atoms with Crippen LogP contribution in [0.1, 0.15) is 10.4 Å². The summed E-state index contributed by atoms with van der Waals surface area (Å²) < 4.78 is 28.5. The molecule has 7 heteroatoms. The average Bonchev–Trinajstić information content (AvgIpc) is 2.24. The van der Waals surface area contributed by atoms with E-state index in [4.69, 9.17) is 16.3 Å². The van der Waals surface area contributed by atoms with Gasteiger partial charge in [-0.05, 0) is 24.3 Å². The Morgan fingerprint density at radius 1 is 1.35 bits per heavy atom. The molecule has 1 aromatic rings. The van der Waals surface area contributed by atoms with E-state index in [2.05, 4.69) is 4.72 Å². The second kappa shape index (κ2) is 6.00. The average molecular weight is 278 g/mol. The van der Waals surface area contributed by atoms with Crippen molar-refractivity contribution < 1.29 is 17.9 Å². The highest BCUT2D eigenvalue weighted by atomic mass is 35.5. The molecule has 0 heterocycles. The first-order chi connectivity index (χ1) is 7.88. The molecular weight excluding hydrogens is 266 g/mol. The maximum atomic E-state index is 11.4. The molecule has 0 aliphatic carbocycles. The number of hydrogen-bond donors (Lipinski definition) is 1. The molecule has 1 N–H and O–H groups in total. The summed E-state index contributed by atoms with van der Waals surface area (Å²) in [6.45, 7) is 0.0344. The van der Waals surface area contributed by atoms with E-state index in [-0.39, 0.29) is 13.2 Å². The number of halogens is 1. The molecule has 0 atom stereocenters. The third kappa shape index (κ3) is 5.67. The van der Waals surface area contributed by atoms with Crippen LogP contribution in [-0.4, -0.2) is 33.8 Å². The molecular formula is C10H12ClNO4S. The molecule has 0 aromatic heterocycles. The van der Waals surface area contributed by atoms with Gasteiger partial charge in [0.05, 0.1) is 11.8 Å². The molecule has 5 nitrogen and oxygen atoms in total. The van der Waals surface area contributed by atoms with Crippen LogP contribution in [-0.2, 0) is 14.8 Å². The lowest BCUT2D eigenvalue weighted by atomic mass is 10.2. The minimum atomic E-state index is -3.25. The molecule has 1 rings (SSSR count). The molecule has 0 saturated heterocycles. The molecule has 0 amide bonds. The lowest BCUT2D eigenvalue weighted by Gasteiger charge is -2.05. The van der Waals surface area contributed by atoms with E-state index in [0.29, 0.717) is 10.6 Å². The fraction of sp³-hybridized carbons (Fsp3) is 0.300. The summed E-state index contributed by atoms with van der Waals surface area (Å²) in [6.07, 6.45) is 1.04. The number of rotatable bonds is 5. The molecule has 0 aliphatic rings. The van der Waals surface area contributed by atoms with Gasteiger partial charge in [-0.25, -0.2) is 17.9 Å². The van der Waals surface area contributed by atoms with Gasteiger partial charge >= 0.3 is 5.97 Å². The summed E-state index contributed by atoms with van der Waals surface area (Å²) in [5.41, 5.74) is 0.369. The zero-order valence-electron chi connectivity index (χ0n) is 9.14. The summed E-state index contributed by atoms with van der Waals surface area (Å²) in [6, 6.07) is 6.23. The fourth-order valence-electron chi connectivity index (χ4n) is 1.04. The number of benzene rings is 1. The number of carbonyl (C=O) groups excluding carboxylic acids is 1. The summed E-state index contributed by atoms with van der Waals surface area (Å²) >= 11 is 5.66. The highest BCUT2D eigenvalue weighted by Gasteiger charge is 2.07. The van der Waals surface area contributed by atoms with E-state index in [9.17, 15) is 13.2 Å². The first kappa shape index (κ1) is 14.0. The molecule has 1 aromatic carbocycles. The van der Waals surface area contributed by atoms with Crippen molar-refractivity contribution in [2.75, 3.05) is 19.4 Å². The quantitative estimate of drug-likeness (QED) is 0.645. The van der Waals surface area contributed by atoms with Crippen LogP contribution in [0.25, 0.3) is 0 Å². The third-order valence-corrected chi connectivity index (χ3v) is 2.76. The number of ether oxygens (including phenoxy) is 1. The van der Waals surface area contributed by atoms with Crippen molar-refractivity contribution in [2.24, 2.45) is 0 Å². The van der Waals surface area contributed by atoms with Gasteiger partial charge in [-0.3, -0.25) is 0 Å². The van der Waals surface area contributed by atoms with Crippen LogP contribution >= 0.6 is 11.6 Å². The number of sulfonamides is 1. The fourth-order valence-corrected chi connectivity index (χ4v) is 1.62. The first-order valence-electron chi connectivity index (χ1n) is 4.76. The molecule has 0 spiro atoms. The van der Waals surface area contributed by atoms with Crippen molar-refractivity contribution >= 4 is 27.6 Å². The zero-order valence-corrected chi connectivity index (χ0v) is 10.7. The lowest BCUT2D eigenvalue weighted by Crippen LogP contribution is -2.26. The molecule has 0 fully saturated rings. The van der Waals surface area contributed by atoms with Crippen LogP contribution in [0.5, 0.6) is 0 Å². The van der Waals surface area contributed by atoms with Gasteiger partial charge in [-0.15, -0.1) is 0 Å². The van der Waals surface area contributed by atoms with Gasteiger partial charge in [0.25, 0.3) is 0 Å². The van der Waals surface area contributed by atoms with Gasteiger partial charge in [-0.2, -0.15) is 0 Å². The van der Waals surface area contributed by atoms with E-state index in [1.807, 2.05) is 0 Å². The van der Waals surface area contributed by atoms with E-state index < -0.39 is 16.0 Å². The largest absolute Gasteiger partial charge is 0.461 e. The standard InChI is InChI=1S/C10H12ClNO4S/c1-17(14,15)12-6-7-16-10(13)8-2-4-9(11)5-3-8/h2-5,12H,6-7H2,1H3. The Morgan fingerprint density at radius 3 is 2.47 bits per heavy atom. The minimum Gasteiger partial charge on any atom is -0.461 e. The maximum absolute atomic E-state index is 11.4. The number of nitrogens with one attached hydrogen (secondary N) is 1. The maximum Gasteiger partial charge on any atom is 0.338 e. The van der Waals surface area contributed by atoms with Crippen LogP contribution in [0.3, 0.4) is 0 Å². The van der Waals surface area contributed by atoms with E-state index in [1.165, 1.54) is 12.1 Å². The molecule has 17 heavy (non-hydrogen) atoms. The second-order valence-corrected chi connectivity index (χ2v) is 5.58. The number of carbonyl (C=O) groups is 1. The van der Waals surface area contributed by atoms with Crippen LogP contribution in [0.4, 0.5) is 0 Å². The molecule has 0 bridgehead atoms. The van der Waals surface area contributed by atoms with Gasteiger partial charge < -0.3 is 4.74 Å². The Balaban J connectivity index is 2.38. The predicted molar refractivity (Wildman–Crippen MR) is 64.6 cm³/mol. The summed E-state index contributed by atoms with van der Waals surface area (Å²) in [4.78, 5) is 11.4. The van der Waals surface area contributed by atoms with Crippen molar-refractivity contribution in [1.29, 1.82) is 0 Å². The van der Waals surface area contributed by atoms with Gasteiger partial charge in [0.1, 0.15) is 6.61 Å². The van der Waals surface area contributed by atoms with Crippen molar-refractivity contribution in [1.82, 2.24) is 4.72 Å². The van der Waals surface area contributed by atoms with E-state index in [0.717, 1.165) is 6.26 Å². The van der Waals surface area contributed by atoms with Crippen molar-refractivity contribution in [3.8, 4) is 0 Å². The van der Waals surface area contributed by atoms with E-state index in [1.54, 1.807) is 12.1 Å². The lowest BCUT2D eigenvalue weighted by molar-refractivity contribution is 0.0513. The Kier molecular flexibility index (Phi) is 4.92. The van der Waals surface area contributed by atoms with Crippen molar-refractivity contribution in [2.45, 2.75) is 0 Å². The number of esters is 1. The first-order valence-corrected chi connectivity index (χ1v) is 7.03. The normalized spacial score (nSPS) is 11.2. The van der Waals surface area contributed by atoms with E-state index >= 15 is 0 Å². The summed E-state index contributed by atoms with van der Waals surface area (Å²) in [5.74, 6) is -0.517. The Morgan fingerprint density at radius 2 is 1.94 bits per heavy atom. The Hall–Kier alpha value is -1.11. The third-order valence-electron chi connectivity index (χ3n) is 1.78. The topological polar surface area (TPSA) is 72.5 Å². The molecule has 0 radical (unpaired) electrons. The molecule has 0 saturated carbocycles. The monoisotopic (exact) mass is 277 g/mol. The van der Waals surface area contributed by atoms with Crippen molar-refractivity contribution in [3.05, 3.63) is 34.9 Å². The zero-order chi connectivity index (χ0) is 12.9. The summed E-state index contributed by atoms with van der Waals surface area (Å²) in [7, 11) is -3.25. The van der Waals surface area contributed by atoms with Gasteiger partial charge in [0, 0.05) is 11.6 Å². The molecule has 94 valence electrons. The van der Waals surface area contributed by atoms with Crippen molar-refractivity contribution in [3.63, 3.8) is 0 Å². The van der Waals surface area contributed by atoms with Crippen LogP contribution in [0.2, 0.25) is 5.02 Å². The minimum absolute atomic E-state index is 0.0193. The summed E-state index contributed by atoms with van der Waals surface area (Å²) in [5, 5.41) is 0.528. The highest BCUT2D eigenvalue weighted by molar-refractivity contribution is 7.88. The molecule has 0 aliphatic heterocycles. The number of hydrogen-bond acceptors (Lipinski definition) is 4. The van der Waals surface area contributed by atoms with Gasteiger partial charge in [0.15, 0.2) is 0 Å². The van der Waals surface area contributed by atoms with Crippen LogP contribution in [0.15, 0.2) is 24.3 Å². The molecule has 0 unspecified atom stereocenters. The van der Waals surface area contributed by atoms with Crippen LogP contribution in [0, 0.1) is 0 Å².